The number of halogens is 1. The molecule has 0 amide bonds. The van der Waals surface area contributed by atoms with Gasteiger partial charge in [0.2, 0.25) is 0 Å². The Labute approximate surface area is 102 Å². The normalized spacial score (nSPS) is 10.9. The number of anilines is 1. The van der Waals surface area contributed by atoms with Crippen LogP contribution in [0.3, 0.4) is 0 Å². The van der Waals surface area contributed by atoms with Crippen LogP contribution in [0.15, 0.2) is 6.07 Å². The number of methoxy groups -OCH3 is 1. The summed E-state index contributed by atoms with van der Waals surface area (Å²) in [6, 6.07) is 1.77. The van der Waals surface area contributed by atoms with Gasteiger partial charge in [0.15, 0.2) is 0 Å². The number of rotatable bonds is 5. The molecule has 0 atom stereocenters. The highest BCUT2D eigenvalue weighted by atomic mass is 35.5. The lowest BCUT2D eigenvalue weighted by Gasteiger charge is -2.18. The van der Waals surface area contributed by atoms with E-state index >= 15 is 0 Å². The van der Waals surface area contributed by atoms with Crippen LogP contribution in [0, 0.1) is 0 Å². The maximum atomic E-state index is 5.96. The van der Waals surface area contributed by atoms with Crippen LogP contribution in [0.1, 0.15) is 25.6 Å². The van der Waals surface area contributed by atoms with Gasteiger partial charge in [-0.15, -0.1) is 0 Å². The predicted octanol–water partition coefficient (Wildman–Crippen LogP) is 2.34. The van der Waals surface area contributed by atoms with E-state index in [1.807, 2.05) is 25.8 Å². The topological polar surface area (TPSA) is 38.2 Å². The van der Waals surface area contributed by atoms with E-state index in [1.165, 1.54) is 0 Å². The first kappa shape index (κ1) is 13.2. The lowest BCUT2D eigenvalue weighted by atomic mass is 10.2. The number of aromatic nitrogens is 2. The summed E-state index contributed by atoms with van der Waals surface area (Å²) in [6.45, 7) is 5.53. The van der Waals surface area contributed by atoms with Gasteiger partial charge >= 0.3 is 0 Å². The van der Waals surface area contributed by atoms with Crippen molar-refractivity contribution >= 4 is 17.4 Å². The van der Waals surface area contributed by atoms with Crippen LogP contribution in [-0.2, 0) is 4.74 Å². The summed E-state index contributed by atoms with van der Waals surface area (Å²) in [6.07, 6.45) is 0. The van der Waals surface area contributed by atoms with E-state index in [0.717, 1.165) is 18.2 Å². The second-order valence-electron chi connectivity index (χ2n) is 3.98. The van der Waals surface area contributed by atoms with E-state index in [2.05, 4.69) is 9.97 Å². The Balaban J connectivity index is 2.86. The minimum Gasteiger partial charge on any atom is -0.383 e. The summed E-state index contributed by atoms with van der Waals surface area (Å²) in [4.78, 5) is 10.7. The first-order valence-corrected chi connectivity index (χ1v) is 5.67. The van der Waals surface area contributed by atoms with Crippen LogP contribution in [0.4, 0.5) is 5.82 Å². The summed E-state index contributed by atoms with van der Waals surface area (Å²) < 4.78 is 5.02. The maximum Gasteiger partial charge on any atom is 0.135 e. The van der Waals surface area contributed by atoms with Crippen LogP contribution >= 0.6 is 11.6 Å². The molecule has 5 heteroatoms. The van der Waals surface area contributed by atoms with Gasteiger partial charge in [-0.1, -0.05) is 25.4 Å². The average Bonchev–Trinajstić information content (AvgIpc) is 2.24. The molecule has 0 spiro atoms. The second kappa shape index (κ2) is 6.01. The van der Waals surface area contributed by atoms with Gasteiger partial charge in [0.25, 0.3) is 0 Å². The largest absolute Gasteiger partial charge is 0.383 e. The van der Waals surface area contributed by atoms with E-state index in [4.69, 9.17) is 16.3 Å². The molecule has 0 aliphatic heterocycles. The van der Waals surface area contributed by atoms with E-state index in [-0.39, 0.29) is 5.92 Å². The molecule has 4 nitrogen and oxygen atoms in total. The Morgan fingerprint density at radius 3 is 2.69 bits per heavy atom. The zero-order valence-corrected chi connectivity index (χ0v) is 11.0. The molecule has 0 N–H and O–H groups in total. The first-order valence-electron chi connectivity index (χ1n) is 5.29. The van der Waals surface area contributed by atoms with E-state index in [9.17, 15) is 0 Å². The lowest BCUT2D eigenvalue weighted by molar-refractivity contribution is 0.206. The van der Waals surface area contributed by atoms with Gasteiger partial charge in [0.1, 0.15) is 16.8 Å². The molecule has 16 heavy (non-hydrogen) atoms. The fourth-order valence-electron chi connectivity index (χ4n) is 1.22. The molecular formula is C11H18ClN3O. The first-order chi connectivity index (χ1) is 7.54. The number of hydrogen-bond acceptors (Lipinski definition) is 4. The van der Waals surface area contributed by atoms with Gasteiger partial charge in [-0.3, -0.25) is 0 Å². The van der Waals surface area contributed by atoms with Gasteiger partial charge in [-0.05, 0) is 0 Å². The minimum absolute atomic E-state index is 0.272. The Kier molecular flexibility index (Phi) is 4.96. The van der Waals surface area contributed by atoms with E-state index in [1.54, 1.807) is 13.2 Å². The summed E-state index contributed by atoms with van der Waals surface area (Å²) in [5.41, 5.74) is 0. The SMILES string of the molecule is COCCN(C)c1cc(Cl)nc(C(C)C)n1. The van der Waals surface area contributed by atoms with Crippen molar-refractivity contribution in [1.29, 1.82) is 0 Å². The molecular weight excluding hydrogens is 226 g/mol. The monoisotopic (exact) mass is 243 g/mol. The summed E-state index contributed by atoms with van der Waals surface area (Å²) in [5.74, 6) is 1.88. The third-order valence-corrected chi connectivity index (χ3v) is 2.43. The van der Waals surface area contributed by atoms with Gasteiger partial charge in [-0.2, -0.15) is 0 Å². The molecule has 0 unspecified atom stereocenters. The Bertz CT molecular complexity index is 344. The molecule has 1 aromatic heterocycles. The zero-order chi connectivity index (χ0) is 12.1. The third-order valence-electron chi connectivity index (χ3n) is 2.24. The van der Waals surface area contributed by atoms with Crippen LogP contribution < -0.4 is 4.90 Å². The van der Waals surface area contributed by atoms with Crippen molar-refractivity contribution < 1.29 is 4.74 Å². The molecule has 0 radical (unpaired) electrons. The molecule has 0 aliphatic carbocycles. The third kappa shape index (κ3) is 3.61. The number of nitrogens with zero attached hydrogens (tertiary/aromatic N) is 3. The van der Waals surface area contributed by atoms with E-state index in [0.29, 0.717) is 11.8 Å². The Morgan fingerprint density at radius 2 is 2.12 bits per heavy atom. The summed E-state index contributed by atoms with van der Waals surface area (Å²) in [7, 11) is 3.64. The minimum atomic E-state index is 0.272. The molecule has 0 saturated carbocycles. The van der Waals surface area contributed by atoms with Crippen molar-refractivity contribution in [3.63, 3.8) is 0 Å². The quantitative estimate of drug-likeness (QED) is 0.744. The van der Waals surface area contributed by atoms with Gasteiger partial charge < -0.3 is 9.64 Å². The smallest absolute Gasteiger partial charge is 0.135 e. The van der Waals surface area contributed by atoms with Crippen LogP contribution in [0.25, 0.3) is 0 Å². The average molecular weight is 244 g/mol. The number of likely N-dealkylation sites (N-methyl/N-ethyl adjacent to an activating group) is 1. The second-order valence-corrected chi connectivity index (χ2v) is 4.36. The fourth-order valence-corrected chi connectivity index (χ4v) is 1.40. The maximum absolute atomic E-state index is 5.96. The van der Waals surface area contributed by atoms with Crippen molar-refractivity contribution in [3.05, 3.63) is 17.0 Å². The van der Waals surface area contributed by atoms with Crippen molar-refractivity contribution in [2.75, 3.05) is 32.2 Å². The molecule has 0 fully saturated rings. The molecule has 0 bridgehead atoms. The molecule has 1 rings (SSSR count). The van der Waals surface area contributed by atoms with Crippen LogP contribution in [0.5, 0.6) is 0 Å². The van der Waals surface area contributed by atoms with Gasteiger partial charge in [-0.25, -0.2) is 9.97 Å². The highest BCUT2D eigenvalue weighted by molar-refractivity contribution is 6.29. The fraction of sp³-hybridized carbons (Fsp3) is 0.636. The van der Waals surface area contributed by atoms with Gasteiger partial charge in [0.05, 0.1) is 6.61 Å². The summed E-state index contributed by atoms with van der Waals surface area (Å²) >= 11 is 5.96. The number of hydrogen-bond donors (Lipinski definition) is 0. The van der Waals surface area contributed by atoms with Crippen LogP contribution in [-0.4, -0.2) is 37.3 Å². The Hall–Kier alpha value is -0.870. The van der Waals surface area contributed by atoms with E-state index < -0.39 is 0 Å². The molecule has 90 valence electrons. The van der Waals surface area contributed by atoms with Crippen molar-refractivity contribution in [2.45, 2.75) is 19.8 Å². The van der Waals surface area contributed by atoms with Crippen LogP contribution in [0.2, 0.25) is 5.15 Å². The van der Waals surface area contributed by atoms with Crippen molar-refractivity contribution in [2.24, 2.45) is 0 Å². The van der Waals surface area contributed by atoms with Gasteiger partial charge in [0, 0.05) is 32.7 Å². The summed E-state index contributed by atoms with van der Waals surface area (Å²) in [5, 5.41) is 0.484. The molecule has 0 aliphatic rings. The molecule has 0 aromatic carbocycles. The lowest BCUT2D eigenvalue weighted by Crippen LogP contribution is -2.23. The van der Waals surface area contributed by atoms with Crippen molar-refractivity contribution in [1.82, 2.24) is 9.97 Å². The Morgan fingerprint density at radius 1 is 1.44 bits per heavy atom. The number of ether oxygens (including phenoxy) is 1. The zero-order valence-electron chi connectivity index (χ0n) is 10.2. The molecule has 0 saturated heterocycles. The predicted molar refractivity (Wildman–Crippen MR) is 66.3 cm³/mol. The molecule has 1 heterocycles. The molecule has 1 aromatic rings. The highest BCUT2D eigenvalue weighted by Crippen LogP contribution is 2.18. The highest BCUT2D eigenvalue weighted by Gasteiger charge is 2.09. The standard InChI is InChI=1S/C11H18ClN3O/c1-8(2)11-13-9(12)7-10(14-11)15(3)5-6-16-4/h7-8H,5-6H2,1-4H3. The van der Waals surface area contributed by atoms with Crippen molar-refractivity contribution in [3.8, 4) is 0 Å².